The van der Waals surface area contributed by atoms with Crippen LogP contribution in [0.3, 0.4) is 0 Å². The number of esters is 1. The van der Waals surface area contributed by atoms with E-state index in [1.807, 2.05) is 6.92 Å². The van der Waals surface area contributed by atoms with Gasteiger partial charge in [-0.1, -0.05) is 13.3 Å². The van der Waals surface area contributed by atoms with Crippen LogP contribution in [-0.2, 0) is 14.3 Å². The van der Waals surface area contributed by atoms with Crippen LogP contribution in [0, 0.1) is 0 Å². The largest absolute Gasteiger partial charge is 0.458 e. The van der Waals surface area contributed by atoms with E-state index in [0.717, 1.165) is 25.7 Å². The Labute approximate surface area is 127 Å². The molecule has 0 aliphatic rings. The molecule has 3 N–H and O–H groups in total. The lowest BCUT2D eigenvalue weighted by atomic mass is 10.1. The smallest absolute Gasteiger partial charge is 0.407 e. The second-order valence-corrected chi connectivity index (χ2v) is 6.00. The van der Waals surface area contributed by atoms with Gasteiger partial charge in [-0.05, 0) is 53.0 Å². The molecule has 0 unspecified atom stereocenters. The van der Waals surface area contributed by atoms with Gasteiger partial charge in [0.05, 0.1) is 6.61 Å². The summed E-state index contributed by atoms with van der Waals surface area (Å²) >= 11 is 0. The molecule has 0 radical (unpaired) electrons. The minimum atomic E-state index is -0.690. The third kappa shape index (κ3) is 11.1. The van der Waals surface area contributed by atoms with Crippen molar-refractivity contribution in [3.63, 3.8) is 0 Å². The van der Waals surface area contributed by atoms with Crippen LogP contribution < -0.4 is 11.1 Å². The maximum absolute atomic E-state index is 12.1. The third-order valence-corrected chi connectivity index (χ3v) is 2.66. The molecule has 0 aromatic carbocycles. The van der Waals surface area contributed by atoms with Crippen LogP contribution in [0.4, 0.5) is 4.79 Å². The molecule has 0 aliphatic carbocycles. The van der Waals surface area contributed by atoms with E-state index in [0.29, 0.717) is 19.6 Å². The first kappa shape index (κ1) is 19.7. The summed E-state index contributed by atoms with van der Waals surface area (Å²) in [5, 5.41) is 2.58. The molecule has 21 heavy (non-hydrogen) atoms. The number of alkyl carbamates (subject to hydrolysis) is 1. The molecule has 0 bridgehead atoms. The predicted octanol–water partition coefficient (Wildman–Crippen LogP) is 2.35. The normalized spacial score (nSPS) is 12.6. The molecule has 0 fully saturated rings. The van der Waals surface area contributed by atoms with Crippen LogP contribution in [0.5, 0.6) is 0 Å². The summed E-state index contributed by atoms with van der Waals surface area (Å²) in [6, 6.07) is -0.690. The summed E-state index contributed by atoms with van der Waals surface area (Å²) in [6.45, 7) is 8.30. The van der Waals surface area contributed by atoms with E-state index in [1.165, 1.54) is 0 Å². The van der Waals surface area contributed by atoms with Crippen LogP contribution in [-0.4, -0.2) is 36.9 Å². The average molecular weight is 302 g/mol. The molecule has 6 heteroatoms. The summed E-state index contributed by atoms with van der Waals surface area (Å²) in [5.74, 6) is -0.438. The van der Waals surface area contributed by atoms with E-state index in [1.54, 1.807) is 20.8 Å². The first-order chi connectivity index (χ1) is 9.80. The van der Waals surface area contributed by atoms with Crippen LogP contribution in [0.2, 0.25) is 0 Å². The van der Waals surface area contributed by atoms with Gasteiger partial charge in [-0.3, -0.25) is 0 Å². The molecule has 0 spiro atoms. The van der Waals surface area contributed by atoms with E-state index in [9.17, 15) is 9.59 Å². The maximum atomic E-state index is 12.1. The van der Waals surface area contributed by atoms with Gasteiger partial charge in [0.2, 0.25) is 0 Å². The Bertz CT molecular complexity index is 313. The van der Waals surface area contributed by atoms with Gasteiger partial charge in [0.25, 0.3) is 0 Å². The van der Waals surface area contributed by atoms with Crippen molar-refractivity contribution in [2.75, 3.05) is 13.2 Å². The Hall–Kier alpha value is -1.30. The van der Waals surface area contributed by atoms with Gasteiger partial charge in [0.1, 0.15) is 11.6 Å². The van der Waals surface area contributed by atoms with Gasteiger partial charge in [-0.25, -0.2) is 9.59 Å². The number of unbranched alkanes of at least 4 members (excludes halogenated alkanes) is 2. The molecule has 0 aromatic rings. The van der Waals surface area contributed by atoms with Crippen molar-refractivity contribution in [2.24, 2.45) is 5.73 Å². The number of hydrogen-bond acceptors (Lipinski definition) is 5. The van der Waals surface area contributed by atoms with Gasteiger partial charge in [0, 0.05) is 0 Å². The predicted molar refractivity (Wildman–Crippen MR) is 81.9 cm³/mol. The fourth-order valence-electron chi connectivity index (χ4n) is 1.61. The molecule has 0 aliphatic heterocycles. The van der Waals surface area contributed by atoms with Gasteiger partial charge in [0.15, 0.2) is 0 Å². The van der Waals surface area contributed by atoms with Gasteiger partial charge in [-0.15, -0.1) is 0 Å². The van der Waals surface area contributed by atoms with E-state index in [2.05, 4.69) is 5.32 Å². The SMILES string of the molecule is CCCCOC(=O)N[C@@H](CCCCN)C(=O)OC(C)(C)C. The van der Waals surface area contributed by atoms with Crippen molar-refractivity contribution in [1.82, 2.24) is 5.32 Å². The highest BCUT2D eigenvalue weighted by atomic mass is 16.6. The van der Waals surface area contributed by atoms with Gasteiger partial charge >= 0.3 is 12.1 Å². The lowest BCUT2D eigenvalue weighted by Crippen LogP contribution is -2.44. The zero-order valence-corrected chi connectivity index (χ0v) is 13.7. The second kappa shape index (κ2) is 10.4. The van der Waals surface area contributed by atoms with Gasteiger partial charge < -0.3 is 20.5 Å². The second-order valence-electron chi connectivity index (χ2n) is 6.00. The number of rotatable bonds is 9. The van der Waals surface area contributed by atoms with E-state index in [-0.39, 0.29) is 0 Å². The van der Waals surface area contributed by atoms with Crippen LogP contribution in [0.1, 0.15) is 59.8 Å². The minimum Gasteiger partial charge on any atom is -0.458 e. The third-order valence-electron chi connectivity index (χ3n) is 2.66. The lowest BCUT2D eigenvalue weighted by Gasteiger charge is -2.24. The Kier molecular flexibility index (Phi) is 9.78. The molecule has 6 nitrogen and oxygen atoms in total. The number of carbonyl (C=O) groups excluding carboxylic acids is 2. The molecule has 124 valence electrons. The molecule has 0 aromatic heterocycles. The highest BCUT2D eigenvalue weighted by Gasteiger charge is 2.26. The highest BCUT2D eigenvalue weighted by Crippen LogP contribution is 2.11. The van der Waals surface area contributed by atoms with Crippen molar-refractivity contribution >= 4 is 12.1 Å². The Morgan fingerprint density at radius 2 is 1.86 bits per heavy atom. The maximum Gasteiger partial charge on any atom is 0.407 e. The van der Waals surface area contributed by atoms with Crippen molar-refractivity contribution in [1.29, 1.82) is 0 Å². The average Bonchev–Trinajstić information content (AvgIpc) is 2.36. The Balaban J connectivity index is 4.43. The first-order valence-electron chi connectivity index (χ1n) is 7.66. The van der Waals surface area contributed by atoms with Crippen LogP contribution in [0.15, 0.2) is 0 Å². The Morgan fingerprint density at radius 1 is 1.19 bits per heavy atom. The van der Waals surface area contributed by atoms with Crippen molar-refractivity contribution in [3.8, 4) is 0 Å². The summed E-state index contributed by atoms with van der Waals surface area (Å²) in [6.07, 6.45) is 3.21. The topological polar surface area (TPSA) is 90.6 Å². The number of nitrogens with one attached hydrogen (secondary N) is 1. The molecule has 0 saturated carbocycles. The molecule has 0 saturated heterocycles. The monoisotopic (exact) mass is 302 g/mol. The number of carbonyl (C=O) groups is 2. The number of amides is 1. The fraction of sp³-hybridized carbons (Fsp3) is 0.867. The highest BCUT2D eigenvalue weighted by molar-refractivity contribution is 5.81. The van der Waals surface area contributed by atoms with E-state index < -0.39 is 23.7 Å². The van der Waals surface area contributed by atoms with Crippen molar-refractivity contribution in [2.45, 2.75) is 71.4 Å². The summed E-state index contributed by atoms with van der Waals surface area (Å²) < 4.78 is 10.3. The zero-order valence-electron chi connectivity index (χ0n) is 13.7. The molecule has 1 atom stereocenters. The standard InChI is InChI=1S/C15H30N2O4/c1-5-6-11-20-14(19)17-12(9-7-8-10-16)13(18)21-15(2,3)4/h12H,5-11,16H2,1-4H3,(H,17,19)/t12-/m0/s1. The number of hydrogen-bond donors (Lipinski definition) is 2. The van der Waals surface area contributed by atoms with Crippen LogP contribution in [0.25, 0.3) is 0 Å². The molecular formula is C15H30N2O4. The number of nitrogens with two attached hydrogens (primary N) is 1. The zero-order chi connectivity index (χ0) is 16.3. The molecular weight excluding hydrogens is 272 g/mol. The number of ether oxygens (including phenoxy) is 2. The first-order valence-corrected chi connectivity index (χ1v) is 7.66. The minimum absolute atomic E-state index is 0.353. The summed E-state index contributed by atoms with van der Waals surface area (Å²) in [4.78, 5) is 23.8. The van der Waals surface area contributed by atoms with Crippen molar-refractivity contribution < 1.29 is 19.1 Å². The lowest BCUT2D eigenvalue weighted by molar-refractivity contribution is -0.157. The quantitative estimate of drug-likeness (QED) is 0.504. The van der Waals surface area contributed by atoms with Gasteiger partial charge in [-0.2, -0.15) is 0 Å². The van der Waals surface area contributed by atoms with E-state index in [4.69, 9.17) is 15.2 Å². The van der Waals surface area contributed by atoms with E-state index >= 15 is 0 Å². The summed E-state index contributed by atoms with van der Waals surface area (Å²) in [7, 11) is 0. The molecule has 0 heterocycles. The molecule has 0 rings (SSSR count). The Morgan fingerprint density at radius 3 is 2.38 bits per heavy atom. The fourth-order valence-corrected chi connectivity index (χ4v) is 1.61. The summed E-state index contributed by atoms with van der Waals surface area (Å²) in [5.41, 5.74) is 4.86. The van der Waals surface area contributed by atoms with Crippen LogP contribution >= 0.6 is 0 Å². The van der Waals surface area contributed by atoms with Crippen molar-refractivity contribution in [3.05, 3.63) is 0 Å². The molecule has 1 amide bonds.